The van der Waals surface area contributed by atoms with Gasteiger partial charge in [0.15, 0.2) is 0 Å². The van der Waals surface area contributed by atoms with E-state index in [-0.39, 0.29) is 50.1 Å². The van der Waals surface area contributed by atoms with Crippen molar-refractivity contribution in [1.82, 2.24) is 10.6 Å². The first-order chi connectivity index (χ1) is 21.6. The van der Waals surface area contributed by atoms with Crippen LogP contribution < -0.4 is 16.4 Å². The van der Waals surface area contributed by atoms with Gasteiger partial charge in [0.1, 0.15) is 11.2 Å². The SMILES string of the molecule is CC(C)(C)CNC(=O)c1cc(C(=O)O)cc(C(=O)OC(C)(C)C)c1.CC(C)(C)CNC(=O)c1cc(C(N)=O)cc(C(=O)OC(C)(C)C)c1. The lowest BCUT2D eigenvalue weighted by Crippen LogP contribution is -2.32. The van der Waals surface area contributed by atoms with E-state index in [4.69, 9.17) is 15.2 Å². The van der Waals surface area contributed by atoms with E-state index in [1.807, 2.05) is 41.5 Å². The third kappa shape index (κ3) is 15.7. The van der Waals surface area contributed by atoms with Gasteiger partial charge >= 0.3 is 17.9 Å². The zero-order chi connectivity index (χ0) is 37.4. The van der Waals surface area contributed by atoms with Crippen molar-refractivity contribution in [2.75, 3.05) is 13.1 Å². The molecule has 48 heavy (non-hydrogen) atoms. The number of aromatic carboxylic acids is 1. The number of carbonyl (C=O) groups excluding carboxylic acids is 5. The van der Waals surface area contributed by atoms with Crippen LogP contribution in [0.25, 0.3) is 0 Å². The highest BCUT2D eigenvalue weighted by atomic mass is 16.6. The second-order valence-electron chi connectivity index (χ2n) is 15.8. The first-order valence-corrected chi connectivity index (χ1v) is 15.4. The van der Waals surface area contributed by atoms with Crippen molar-refractivity contribution >= 4 is 35.6 Å². The molecule has 3 amide bonds. The smallest absolute Gasteiger partial charge is 0.338 e. The molecule has 0 aliphatic rings. The molecule has 0 heterocycles. The number of benzene rings is 2. The zero-order valence-electron chi connectivity index (χ0n) is 30.2. The van der Waals surface area contributed by atoms with E-state index >= 15 is 0 Å². The first-order valence-electron chi connectivity index (χ1n) is 15.4. The minimum Gasteiger partial charge on any atom is -0.478 e. The van der Waals surface area contributed by atoms with Crippen molar-refractivity contribution in [1.29, 1.82) is 0 Å². The van der Waals surface area contributed by atoms with Crippen molar-refractivity contribution in [2.45, 2.75) is 94.3 Å². The van der Waals surface area contributed by atoms with Crippen LogP contribution in [0.3, 0.4) is 0 Å². The van der Waals surface area contributed by atoms with E-state index in [2.05, 4.69) is 10.6 Å². The standard InChI is InChI=1S/C18H26N2O4.C18H25NO5/c1-17(2,3)10-20-15(22)12-7-11(14(19)21)8-13(9-12)16(23)24-18(4,5)6;1-17(2,3)10-19-14(20)11-7-12(15(21)22)9-13(8-11)16(23)24-18(4,5)6/h7-9H,10H2,1-6H3,(H2,19,21)(H,20,22);7-9H,10H2,1-6H3,(H,19,20)(H,21,22). The van der Waals surface area contributed by atoms with Gasteiger partial charge in [0.05, 0.1) is 16.7 Å². The highest BCUT2D eigenvalue weighted by Crippen LogP contribution is 2.19. The van der Waals surface area contributed by atoms with Crippen LogP contribution in [0.5, 0.6) is 0 Å². The Morgan fingerprint density at radius 3 is 1.12 bits per heavy atom. The second-order valence-corrected chi connectivity index (χ2v) is 15.8. The van der Waals surface area contributed by atoms with Crippen LogP contribution in [-0.2, 0) is 9.47 Å². The van der Waals surface area contributed by atoms with Gasteiger partial charge in [0.2, 0.25) is 5.91 Å². The third-order valence-electron chi connectivity index (χ3n) is 5.75. The summed E-state index contributed by atoms with van der Waals surface area (Å²) >= 11 is 0. The van der Waals surface area contributed by atoms with Crippen molar-refractivity contribution in [3.63, 3.8) is 0 Å². The predicted molar refractivity (Wildman–Crippen MR) is 182 cm³/mol. The minimum atomic E-state index is -1.22. The summed E-state index contributed by atoms with van der Waals surface area (Å²) in [6.07, 6.45) is 0. The summed E-state index contributed by atoms with van der Waals surface area (Å²) in [4.78, 5) is 71.7. The van der Waals surface area contributed by atoms with Crippen LogP contribution in [0.4, 0.5) is 0 Å². The Morgan fingerprint density at radius 1 is 0.542 bits per heavy atom. The largest absolute Gasteiger partial charge is 0.478 e. The summed E-state index contributed by atoms with van der Waals surface area (Å²) < 4.78 is 10.5. The molecule has 5 N–H and O–H groups in total. The predicted octanol–water partition coefficient (Wildman–Crippen LogP) is 5.63. The first kappa shape index (κ1) is 41.3. The van der Waals surface area contributed by atoms with Crippen LogP contribution in [0.1, 0.15) is 145 Å². The van der Waals surface area contributed by atoms with Gasteiger partial charge < -0.3 is 30.9 Å². The van der Waals surface area contributed by atoms with Gasteiger partial charge in [-0.05, 0) is 88.8 Å². The maximum absolute atomic E-state index is 12.3. The summed E-state index contributed by atoms with van der Waals surface area (Å²) in [6, 6.07) is 7.90. The Balaban J connectivity index is 0.000000480. The number of carboxylic acid groups (broad SMARTS) is 1. The molecule has 12 nitrogen and oxygen atoms in total. The quantitative estimate of drug-likeness (QED) is 0.258. The Morgan fingerprint density at radius 2 is 0.833 bits per heavy atom. The van der Waals surface area contributed by atoms with Crippen LogP contribution in [0, 0.1) is 10.8 Å². The van der Waals surface area contributed by atoms with Crippen molar-refractivity contribution in [3.8, 4) is 0 Å². The number of nitrogens with two attached hydrogens (primary N) is 1. The zero-order valence-corrected chi connectivity index (χ0v) is 30.2. The highest BCUT2D eigenvalue weighted by Gasteiger charge is 2.23. The molecule has 2 aromatic rings. The topological polar surface area (TPSA) is 191 Å². The fourth-order valence-electron chi connectivity index (χ4n) is 3.59. The summed E-state index contributed by atoms with van der Waals surface area (Å²) in [5, 5.41) is 14.7. The lowest BCUT2D eigenvalue weighted by molar-refractivity contribution is 0.00568. The van der Waals surface area contributed by atoms with E-state index < -0.39 is 40.9 Å². The monoisotopic (exact) mass is 669 g/mol. The van der Waals surface area contributed by atoms with E-state index in [1.165, 1.54) is 36.4 Å². The molecular formula is C36H51N3O9. The average Bonchev–Trinajstić information content (AvgIpc) is 2.91. The molecule has 0 fully saturated rings. The molecule has 0 radical (unpaired) electrons. The van der Waals surface area contributed by atoms with E-state index in [1.54, 1.807) is 41.5 Å². The van der Waals surface area contributed by atoms with E-state index in [0.717, 1.165) is 0 Å². The number of hydrogen-bond donors (Lipinski definition) is 4. The lowest BCUT2D eigenvalue weighted by Gasteiger charge is -2.20. The van der Waals surface area contributed by atoms with E-state index in [0.29, 0.717) is 13.1 Å². The van der Waals surface area contributed by atoms with Crippen LogP contribution >= 0.6 is 0 Å². The number of carbonyl (C=O) groups is 6. The lowest BCUT2D eigenvalue weighted by atomic mass is 9.96. The second kappa shape index (κ2) is 15.9. The number of ether oxygens (including phenoxy) is 2. The number of carboxylic acids is 1. The molecule has 0 saturated heterocycles. The molecule has 264 valence electrons. The fraction of sp³-hybridized carbons (Fsp3) is 0.500. The normalized spacial score (nSPS) is 11.8. The average molecular weight is 670 g/mol. The molecule has 0 saturated carbocycles. The Labute approximate surface area is 283 Å². The molecule has 12 heteroatoms. The maximum atomic E-state index is 12.3. The highest BCUT2D eigenvalue weighted by molar-refractivity contribution is 6.03. The molecule has 2 rings (SSSR count). The molecular weight excluding hydrogens is 618 g/mol. The number of rotatable bonds is 8. The molecule has 0 spiro atoms. The molecule has 0 atom stereocenters. The summed E-state index contributed by atoms with van der Waals surface area (Å²) in [5.41, 5.74) is 4.08. The number of nitrogens with one attached hydrogen (secondary N) is 2. The summed E-state index contributed by atoms with van der Waals surface area (Å²) in [6.45, 7) is 23.1. The van der Waals surface area contributed by atoms with Gasteiger partial charge in [0, 0.05) is 29.8 Å². The third-order valence-corrected chi connectivity index (χ3v) is 5.75. The van der Waals surface area contributed by atoms with Crippen LogP contribution in [0.15, 0.2) is 36.4 Å². The van der Waals surface area contributed by atoms with Crippen LogP contribution in [-0.4, -0.2) is 65.0 Å². The van der Waals surface area contributed by atoms with E-state index in [9.17, 15) is 33.9 Å². The summed E-state index contributed by atoms with van der Waals surface area (Å²) in [5.74, 6) is -4.03. The Hall–Kier alpha value is -4.74. The molecule has 0 bridgehead atoms. The van der Waals surface area contributed by atoms with Crippen LogP contribution in [0.2, 0.25) is 0 Å². The number of esters is 2. The van der Waals surface area contributed by atoms with Crippen molar-refractivity contribution in [3.05, 3.63) is 69.8 Å². The molecule has 0 aliphatic heterocycles. The maximum Gasteiger partial charge on any atom is 0.338 e. The minimum absolute atomic E-state index is 0.0331. The molecule has 0 aromatic heterocycles. The number of hydrogen-bond acceptors (Lipinski definition) is 8. The van der Waals surface area contributed by atoms with Gasteiger partial charge in [-0.25, -0.2) is 14.4 Å². The van der Waals surface area contributed by atoms with Crippen molar-refractivity contribution in [2.24, 2.45) is 16.6 Å². The fourth-order valence-corrected chi connectivity index (χ4v) is 3.59. The van der Waals surface area contributed by atoms with Gasteiger partial charge in [-0.3, -0.25) is 14.4 Å². The molecule has 0 unspecified atom stereocenters. The van der Waals surface area contributed by atoms with Gasteiger partial charge in [-0.15, -0.1) is 0 Å². The summed E-state index contributed by atoms with van der Waals surface area (Å²) in [7, 11) is 0. The molecule has 0 aliphatic carbocycles. The van der Waals surface area contributed by atoms with Gasteiger partial charge in [0.25, 0.3) is 11.8 Å². The molecule has 2 aromatic carbocycles. The Kier molecular flexibility index (Phi) is 13.7. The van der Waals surface area contributed by atoms with Gasteiger partial charge in [-0.1, -0.05) is 41.5 Å². The number of amides is 3. The Bertz CT molecular complexity index is 1420. The van der Waals surface area contributed by atoms with Gasteiger partial charge in [-0.2, -0.15) is 0 Å². The number of primary amides is 1. The van der Waals surface area contributed by atoms with Crippen molar-refractivity contribution < 1.29 is 43.3 Å².